The first-order valence-electron chi connectivity index (χ1n) is 7.96. The van der Waals surface area contributed by atoms with Gasteiger partial charge in [0, 0.05) is 50.7 Å². The number of rotatable bonds is 4. The SMILES string of the molecule is COc1cccc(CN2CCN(c3ccnc(C(F)(F)F)c3)CC2)n1. The second-order valence-electron chi connectivity index (χ2n) is 5.83. The predicted molar refractivity (Wildman–Crippen MR) is 87.5 cm³/mol. The van der Waals surface area contributed by atoms with Gasteiger partial charge in [-0.2, -0.15) is 13.2 Å². The maximum absolute atomic E-state index is 12.8. The molecule has 0 amide bonds. The first-order valence-corrected chi connectivity index (χ1v) is 7.96. The zero-order valence-corrected chi connectivity index (χ0v) is 13.8. The molecule has 1 aliphatic rings. The Bertz CT molecular complexity index is 715. The number of alkyl halides is 3. The van der Waals surface area contributed by atoms with Crippen molar-refractivity contribution < 1.29 is 17.9 Å². The van der Waals surface area contributed by atoms with Crippen LogP contribution in [0.15, 0.2) is 36.5 Å². The minimum atomic E-state index is -4.42. The summed E-state index contributed by atoms with van der Waals surface area (Å²) in [4.78, 5) is 12.0. The highest BCUT2D eigenvalue weighted by Crippen LogP contribution is 2.30. The number of aromatic nitrogens is 2. The Morgan fingerprint density at radius 3 is 2.56 bits per heavy atom. The van der Waals surface area contributed by atoms with E-state index in [0.29, 0.717) is 31.2 Å². The van der Waals surface area contributed by atoms with Crippen LogP contribution < -0.4 is 9.64 Å². The van der Waals surface area contributed by atoms with E-state index in [-0.39, 0.29) is 0 Å². The van der Waals surface area contributed by atoms with Crippen LogP contribution in [0.25, 0.3) is 0 Å². The van der Waals surface area contributed by atoms with E-state index < -0.39 is 11.9 Å². The molecule has 0 spiro atoms. The Morgan fingerprint density at radius 1 is 1.12 bits per heavy atom. The molecule has 1 fully saturated rings. The van der Waals surface area contributed by atoms with Crippen molar-refractivity contribution >= 4 is 5.69 Å². The summed E-state index contributed by atoms with van der Waals surface area (Å²) in [5, 5.41) is 0. The summed E-state index contributed by atoms with van der Waals surface area (Å²) in [5.41, 5.74) is 0.616. The van der Waals surface area contributed by atoms with Gasteiger partial charge in [0.1, 0.15) is 5.69 Å². The molecule has 0 aromatic carbocycles. The second kappa shape index (κ2) is 7.26. The van der Waals surface area contributed by atoms with Crippen molar-refractivity contribution in [2.24, 2.45) is 0 Å². The average Bonchev–Trinajstić information content (AvgIpc) is 2.62. The molecule has 0 N–H and O–H groups in total. The van der Waals surface area contributed by atoms with Gasteiger partial charge in [-0.1, -0.05) is 6.07 Å². The molecule has 0 bridgehead atoms. The topological polar surface area (TPSA) is 41.5 Å². The summed E-state index contributed by atoms with van der Waals surface area (Å²) in [6.45, 7) is 3.51. The quantitative estimate of drug-likeness (QED) is 0.846. The van der Waals surface area contributed by atoms with Crippen LogP contribution in [0.1, 0.15) is 11.4 Å². The average molecular weight is 352 g/mol. The zero-order chi connectivity index (χ0) is 17.9. The fourth-order valence-electron chi connectivity index (χ4n) is 2.82. The highest BCUT2D eigenvalue weighted by Gasteiger charge is 2.33. The van der Waals surface area contributed by atoms with E-state index >= 15 is 0 Å². The van der Waals surface area contributed by atoms with E-state index in [0.717, 1.165) is 24.8 Å². The third-order valence-corrected chi connectivity index (χ3v) is 4.15. The highest BCUT2D eigenvalue weighted by atomic mass is 19.4. The summed E-state index contributed by atoms with van der Waals surface area (Å²) in [6.07, 6.45) is -3.21. The summed E-state index contributed by atoms with van der Waals surface area (Å²) >= 11 is 0. The normalized spacial score (nSPS) is 16.1. The van der Waals surface area contributed by atoms with Gasteiger partial charge >= 0.3 is 6.18 Å². The predicted octanol–water partition coefficient (Wildman–Crippen LogP) is 2.83. The molecule has 2 aromatic rings. The Kier molecular flexibility index (Phi) is 5.08. The van der Waals surface area contributed by atoms with Crippen molar-refractivity contribution in [1.82, 2.24) is 14.9 Å². The zero-order valence-electron chi connectivity index (χ0n) is 13.8. The first-order chi connectivity index (χ1) is 12.0. The van der Waals surface area contributed by atoms with Gasteiger partial charge < -0.3 is 9.64 Å². The van der Waals surface area contributed by atoms with Gasteiger partial charge in [-0.15, -0.1) is 0 Å². The van der Waals surface area contributed by atoms with Crippen LogP contribution in [0.4, 0.5) is 18.9 Å². The van der Waals surface area contributed by atoms with Gasteiger partial charge in [0.2, 0.25) is 5.88 Å². The van der Waals surface area contributed by atoms with Gasteiger partial charge in [-0.25, -0.2) is 4.98 Å². The van der Waals surface area contributed by atoms with E-state index in [2.05, 4.69) is 14.9 Å². The molecular weight excluding hydrogens is 333 g/mol. The Morgan fingerprint density at radius 2 is 1.88 bits per heavy atom. The molecule has 0 unspecified atom stereocenters. The Labute approximate surface area is 144 Å². The molecule has 25 heavy (non-hydrogen) atoms. The van der Waals surface area contributed by atoms with Crippen molar-refractivity contribution in [3.05, 3.63) is 47.9 Å². The van der Waals surface area contributed by atoms with Crippen molar-refractivity contribution in [2.75, 3.05) is 38.2 Å². The lowest BCUT2D eigenvalue weighted by molar-refractivity contribution is -0.141. The van der Waals surface area contributed by atoms with Gasteiger partial charge in [0.05, 0.1) is 12.8 Å². The van der Waals surface area contributed by atoms with Crippen molar-refractivity contribution in [3.63, 3.8) is 0 Å². The molecule has 0 aliphatic carbocycles. The lowest BCUT2D eigenvalue weighted by atomic mass is 10.2. The number of hydrogen-bond acceptors (Lipinski definition) is 5. The molecule has 0 radical (unpaired) electrons. The largest absolute Gasteiger partial charge is 0.481 e. The maximum Gasteiger partial charge on any atom is 0.433 e. The number of anilines is 1. The fraction of sp³-hybridized carbons (Fsp3) is 0.412. The van der Waals surface area contributed by atoms with Crippen LogP contribution in [0, 0.1) is 0 Å². The Hall–Kier alpha value is -2.35. The van der Waals surface area contributed by atoms with Crippen LogP contribution in [0.5, 0.6) is 5.88 Å². The number of hydrogen-bond donors (Lipinski definition) is 0. The Balaban J connectivity index is 1.60. The second-order valence-corrected chi connectivity index (χ2v) is 5.83. The molecule has 0 saturated carbocycles. The molecule has 3 heterocycles. The number of ether oxygens (including phenoxy) is 1. The number of halogens is 3. The van der Waals surface area contributed by atoms with Gasteiger partial charge in [0.25, 0.3) is 0 Å². The highest BCUT2D eigenvalue weighted by molar-refractivity contribution is 5.47. The summed E-state index contributed by atoms with van der Waals surface area (Å²) in [5.74, 6) is 0.576. The van der Waals surface area contributed by atoms with Crippen LogP contribution in [-0.2, 0) is 12.7 Å². The van der Waals surface area contributed by atoms with Crippen molar-refractivity contribution in [3.8, 4) is 5.88 Å². The van der Waals surface area contributed by atoms with E-state index in [1.54, 1.807) is 19.2 Å². The minimum absolute atomic E-state index is 0.557. The molecule has 134 valence electrons. The summed E-state index contributed by atoms with van der Waals surface area (Å²) < 4.78 is 43.5. The molecule has 1 aliphatic heterocycles. The van der Waals surface area contributed by atoms with Crippen molar-refractivity contribution in [2.45, 2.75) is 12.7 Å². The smallest absolute Gasteiger partial charge is 0.433 e. The van der Waals surface area contributed by atoms with Crippen molar-refractivity contribution in [1.29, 1.82) is 0 Å². The number of piperazine rings is 1. The lowest BCUT2D eigenvalue weighted by Crippen LogP contribution is -2.46. The lowest BCUT2D eigenvalue weighted by Gasteiger charge is -2.36. The number of methoxy groups -OCH3 is 1. The van der Waals surface area contributed by atoms with E-state index in [1.165, 1.54) is 6.20 Å². The monoisotopic (exact) mass is 352 g/mol. The standard InChI is InChI=1S/C17H19F3N4O/c1-25-16-4-2-3-13(22-16)12-23-7-9-24(10-8-23)14-5-6-21-15(11-14)17(18,19)20/h2-6,11H,7-10,12H2,1H3. The first kappa shape index (κ1) is 17.5. The third kappa shape index (κ3) is 4.39. The molecule has 3 rings (SSSR count). The molecule has 0 atom stereocenters. The van der Waals surface area contributed by atoms with Crippen LogP contribution in [0.2, 0.25) is 0 Å². The molecule has 2 aromatic heterocycles. The molecule has 5 nitrogen and oxygen atoms in total. The minimum Gasteiger partial charge on any atom is -0.481 e. The summed E-state index contributed by atoms with van der Waals surface area (Å²) in [7, 11) is 1.58. The van der Waals surface area contributed by atoms with Crippen LogP contribution >= 0.6 is 0 Å². The molecule has 8 heteroatoms. The van der Waals surface area contributed by atoms with Crippen LogP contribution in [0.3, 0.4) is 0 Å². The number of pyridine rings is 2. The summed E-state index contributed by atoms with van der Waals surface area (Å²) in [6, 6.07) is 8.36. The molecule has 1 saturated heterocycles. The maximum atomic E-state index is 12.8. The van der Waals surface area contributed by atoms with Gasteiger partial charge in [-0.3, -0.25) is 9.88 Å². The van der Waals surface area contributed by atoms with Crippen LogP contribution in [-0.4, -0.2) is 48.2 Å². The third-order valence-electron chi connectivity index (χ3n) is 4.15. The van der Waals surface area contributed by atoms with E-state index in [1.807, 2.05) is 17.0 Å². The van der Waals surface area contributed by atoms with E-state index in [4.69, 9.17) is 4.74 Å². The van der Waals surface area contributed by atoms with Gasteiger partial charge in [-0.05, 0) is 18.2 Å². The van der Waals surface area contributed by atoms with E-state index in [9.17, 15) is 13.2 Å². The van der Waals surface area contributed by atoms with Gasteiger partial charge in [0.15, 0.2) is 0 Å². The molecular formula is C17H19F3N4O. The fourth-order valence-corrected chi connectivity index (χ4v) is 2.82. The number of nitrogens with zero attached hydrogens (tertiary/aromatic N) is 4.